The Bertz CT molecular complexity index is 288. The Morgan fingerprint density at radius 2 is 1.87 bits per heavy atom. The van der Waals surface area contributed by atoms with E-state index in [-0.39, 0.29) is 0 Å². The molecule has 2 heteroatoms. The molecule has 0 aliphatic heterocycles. The Morgan fingerprint density at radius 1 is 1.20 bits per heavy atom. The molecule has 0 spiro atoms. The molecule has 0 atom stereocenters. The first-order valence-electron chi connectivity index (χ1n) is 5.85. The SMILES string of the molecule is CCNCC(C)(C)Cc1ccc(CC)s1. The van der Waals surface area contributed by atoms with Gasteiger partial charge in [0.15, 0.2) is 0 Å². The number of hydrogen-bond acceptors (Lipinski definition) is 2. The van der Waals surface area contributed by atoms with Crippen LogP contribution in [0.25, 0.3) is 0 Å². The van der Waals surface area contributed by atoms with Crippen LogP contribution in [-0.2, 0) is 12.8 Å². The lowest BCUT2D eigenvalue weighted by atomic mass is 9.88. The van der Waals surface area contributed by atoms with Gasteiger partial charge in [-0.15, -0.1) is 11.3 Å². The van der Waals surface area contributed by atoms with Gasteiger partial charge in [0.05, 0.1) is 0 Å². The molecule has 1 rings (SSSR count). The monoisotopic (exact) mass is 225 g/mol. The summed E-state index contributed by atoms with van der Waals surface area (Å²) >= 11 is 1.97. The van der Waals surface area contributed by atoms with E-state index in [2.05, 4.69) is 45.1 Å². The van der Waals surface area contributed by atoms with Crippen LogP contribution in [0.5, 0.6) is 0 Å². The van der Waals surface area contributed by atoms with Crippen LogP contribution in [0.2, 0.25) is 0 Å². The Morgan fingerprint density at radius 3 is 2.40 bits per heavy atom. The Labute approximate surface area is 97.9 Å². The van der Waals surface area contributed by atoms with E-state index in [1.54, 1.807) is 0 Å². The summed E-state index contributed by atoms with van der Waals surface area (Å²) in [5, 5.41) is 3.43. The van der Waals surface area contributed by atoms with Crippen molar-refractivity contribution in [3.8, 4) is 0 Å². The highest BCUT2D eigenvalue weighted by atomic mass is 32.1. The highest BCUT2D eigenvalue weighted by Crippen LogP contribution is 2.26. The van der Waals surface area contributed by atoms with Gasteiger partial charge < -0.3 is 5.32 Å². The minimum Gasteiger partial charge on any atom is -0.316 e. The van der Waals surface area contributed by atoms with Crippen LogP contribution >= 0.6 is 11.3 Å². The maximum Gasteiger partial charge on any atom is 0.00539 e. The molecule has 0 aromatic carbocycles. The van der Waals surface area contributed by atoms with Crippen molar-refractivity contribution in [2.45, 2.75) is 40.5 Å². The van der Waals surface area contributed by atoms with Crippen LogP contribution in [0.1, 0.15) is 37.4 Å². The lowest BCUT2D eigenvalue weighted by molar-refractivity contribution is 0.344. The van der Waals surface area contributed by atoms with E-state index >= 15 is 0 Å². The second kappa shape index (κ2) is 5.66. The largest absolute Gasteiger partial charge is 0.316 e. The quantitative estimate of drug-likeness (QED) is 0.781. The normalized spacial score (nSPS) is 12.0. The number of thiophene rings is 1. The summed E-state index contributed by atoms with van der Waals surface area (Å²) in [5.41, 5.74) is 0.367. The molecule has 0 saturated heterocycles. The van der Waals surface area contributed by atoms with Gasteiger partial charge in [-0.25, -0.2) is 0 Å². The van der Waals surface area contributed by atoms with E-state index in [0.29, 0.717) is 5.41 Å². The first-order chi connectivity index (χ1) is 7.07. The molecular weight excluding hydrogens is 202 g/mol. The van der Waals surface area contributed by atoms with Crippen molar-refractivity contribution in [1.29, 1.82) is 0 Å². The van der Waals surface area contributed by atoms with Crippen molar-refractivity contribution in [3.05, 3.63) is 21.9 Å². The van der Waals surface area contributed by atoms with Crippen LogP contribution in [0.4, 0.5) is 0 Å². The Balaban J connectivity index is 2.52. The molecule has 86 valence electrons. The zero-order valence-corrected chi connectivity index (χ0v) is 11.2. The Hall–Kier alpha value is -0.340. The van der Waals surface area contributed by atoms with E-state index in [1.165, 1.54) is 16.2 Å². The number of hydrogen-bond donors (Lipinski definition) is 1. The Kier molecular flexibility index (Phi) is 4.81. The smallest absolute Gasteiger partial charge is 0.00539 e. The average molecular weight is 225 g/mol. The van der Waals surface area contributed by atoms with Crippen molar-refractivity contribution in [2.75, 3.05) is 13.1 Å². The zero-order chi connectivity index (χ0) is 11.3. The molecule has 0 saturated carbocycles. The first kappa shape index (κ1) is 12.7. The van der Waals surface area contributed by atoms with Crippen molar-refractivity contribution < 1.29 is 0 Å². The third-order valence-electron chi connectivity index (χ3n) is 2.57. The minimum absolute atomic E-state index is 0.367. The summed E-state index contributed by atoms with van der Waals surface area (Å²) in [5.74, 6) is 0. The predicted octanol–water partition coefficient (Wildman–Crippen LogP) is 3.49. The molecule has 1 aromatic heterocycles. The molecule has 0 aliphatic rings. The molecule has 1 nitrogen and oxygen atoms in total. The van der Waals surface area contributed by atoms with Crippen LogP contribution < -0.4 is 5.32 Å². The van der Waals surface area contributed by atoms with Gasteiger partial charge >= 0.3 is 0 Å². The summed E-state index contributed by atoms with van der Waals surface area (Å²) in [4.78, 5) is 3.03. The van der Waals surface area contributed by atoms with Gasteiger partial charge in [0.2, 0.25) is 0 Å². The molecule has 15 heavy (non-hydrogen) atoms. The average Bonchev–Trinajstić information content (AvgIpc) is 2.62. The van der Waals surface area contributed by atoms with Crippen LogP contribution in [0, 0.1) is 5.41 Å². The van der Waals surface area contributed by atoms with Crippen molar-refractivity contribution in [3.63, 3.8) is 0 Å². The maximum absolute atomic E-state index is 3.43. The van der Waals surface area contributed by atoms with Crippen molar-refractivity contribution in [1.82, 2.24) is 5.32 Å². The first-order valence-corrected chi connectivity index (χ1v) is 6.67. The molecule has 0 unspecified atom stereocenters. The number of rotatable bonds is 6. The highest BCUT2D eigenvalue weighted by molar-refractivity contribution is 7.11. The molecule has 1 heterocycles. The van der Waals surface area contributed by atoms with E-state index in [4.69, 9.17) is 0 Å². The van der Waals surface area contributed by atoms with Gasteiger partial charge in [0.25, 0.3) is 0 Å². The topological polar surface area (TPSA) is 12.0 Å². The molecule has 1 N–H and O–H groups in total. The molecule has 1 aromatic rings. The van der Waals surface area contributed by atoms with E-state index in [9.17, 15) is 0 Å². The third kappa shape index (κ3) is 4.35. The lowest BCUT2D eigenvalue weighted by Crippen LogP contribution is -2.30. The molecular formula is C13H23NS. The van der Waals surface area contributed by atoms with Gasteiger partial charge in [-0.3, -0.25) is 0 Å². The summed E-state index contributed by atoms with van der Waals surface area (Å²) in [6.45, 7) is 11.2. The fourth-order valence-corrected chi connectivity index (χ4v) is 2.92. The van der Waals surface area contributed by atoms with E-state index in [0.717, 1.165) is 19.5 Å². The van der Waals surface area contributed by atoms with Crippen LogP contribution in [0.15, 0.2) is 12.1 Å². The number of nitrogens with one attached hydrogen (secondary N) is 1. The van der Waals surface area contributed by atoms with Gasteiger partial charge in [0.1, 0.15) is 0 Å². The fourth-order valence-electron chi connectivity index (χ4n) is 1.70. The summed E-state index contributed by atoms with van der Waals surface area (Å²) in [7, 11) is 0. The summed E-state index contributed by atoms with van der Waals surface area (Å²) < 4.78 is 0. The van der Waals surface area contributed by atoms with E-state index in [1.807, 2.05) is 11.3 Å². The standard InChI is InChI=1S/C13H23NS/c1-5-11-7-8-12(15-11)9-13(3,4)10-14-6-2/h7-8,14H,5-6,9-10H2,1-4H3. The molecule has 0 amide bonds. The summed E-state index contributed by atoms with van der Waals surface area (Å²) in [6, 6.07) is 4.56. The van der Waals surface area contributed by atoms with Gasteiger partial charge in [-0.2, -0.15) is 0 Å². The van der Waals surface area contributed by atoms with Crippen LogP contribution in [0.3, 0.4) is 0 Å². The van der Waals surface area contributed by atoms with Gasteiger partial charge in [0, 0.05) is 16.3 Å². The second-order valence-corrected chi connectivity index (χ2v) is 6.10. The van der Waals surface area contributed by atoms with Crippen molar-refractivity contribution in [2.24, 2.45) is 5.41 Å². The molecule has 0 aliphatic carbocycles. The maximum atomic E-state index is 3.43. The van der Waals surface area contributed by atoms with Gasteiger partial charge in [-0.05, 0) is 36.9 Å². The fraction of sp³-hybridized carbons (Fsp3) is 0.692. The van der Waals surface area contributed by atoms with Crippen LogP contribution in [-0.4, -0.2) is 13.1 Å². The lowest BCUT2D eigenvalue weighted by Gasteiger charge is -2.24. The second-order valence-electron chi connectivity index (χ2n) is 4.84. The molecule has 0 bridgehead atoms. The predicted molar refractivity (Wildman–Crippen MR) is 69.7 cm³/mol. The summed E-state index contributed by atoms with van der Waals surface area (Å²) in [6.07, 6.45) is 2.35. The molecule has 0 fully saturated rings. The minimum atomic E-state index is 0.367. The number of aryl methyl sites for hydroxylation is 1. The van der Waals surface area contributed by atoms with E-state index < -0.39 is 0 Å². The highest BCUT2D eigenvalue weighted by Gasteiger charge is 2.18. The third-order valence-corrected chi connectivity index (χ3v) is 3.80. The van der Waals surface area contributed by atoms with Gasteiger partial charge in [-0.1, -0.05) is 27.7 Å². The zero-order valence-electron chi connectivity index (χ0n) is 10.4. The van der Waals surface area contributed by atoms with Crippen molar-refractivity contribution >= 4 is 11.3 Å². The molecule has 0 radical (unpaired) electrons.